The first-order valence-corrected chi connectivity index (χ1v) is 5.92. The molecule has 0 fully saturated rings. The van der Waals surface area contributed by atoms with Gasteiger partial charge >= 0.3 is 0 Å². The molecule has 7 heteroatoms. The molecule has 104 valence electrons. The third-order valence-corrected chi connectivity index (χ3v) is 2.61. The van der Waals surface area contributed by atoms with Crippen LogP contribution in [0, 0.1) is 0 Å². The number of carbonyl (C=O) groups is 2. The molecule has 1 aromatic heterocycles. The maximum absolute atomic E-state index is 11.9. The van der Waals surface area contributed by atoms with E-state index in [1.165, 1.54) is 6.20 Å². The van der Waals surface area contributed by atoms with Gasteiger partial charge in [-0.05, 0) is 20.3 Å². The van der Waals surface area contributed by atoms with Crippen LogP contribution in [0.5, 0.6) is 0 Å². The van der Waals surface area contributed by atoms with E-state index in [1.54, 1.807) is 7.05 Å². The molecule has 19 heavy (non-hydrogen) atoms. The van der Waals surface area contributed by atoms with Crippen LogP contribution in [0.15, 0.2) is 17.2 Å². The Morgan fingerprint density at radius 2 is 2.11 bits per heavy atom. The molecule has 0 aliphatic heterocycles. The van der Waals surface area contributed by atoms with Crippen molar-refractivity contribution in [1.82, 2.24) is 20.6 Å². The van der Waals surface area contributed by atoms with E-state index in [9.17, 15) is 14.4 Å². The topological polar surface area (TPSA) is 104 Å². The summed E-state index contributed by atoms with van der Waals surface area (Å²) in [7, 11) is 1.57. The molecular formula is C12H18N4O3. The van der Waals surface area contributed by atoms with Crippen LogP contribution in [0.3, 0.4) is 0 Å². The predicted octanol–water partition coefficient (Wildman–Crippen LogP) is -0.195. The first kappa shape index (κ1) is 14.9. The molecule has 1 aromatic rings. The smallest absolute Gasteiger partial charge is 0.271 e. The minimum absolute atomic E-state index is 0.0792. The molecule has 1 heterocycles. The van der Waals surface area contributed by atoms with Crippen LogP contribution >= 0.6 is 0 Å². The van der Waals surface area contributed by atoms with E-state index in [0.717, 1.165) is 6.20 Å². The van der Waals surface area contributed by atoms with Crippen molar-refractivity contribution in [1.29, 1.82) is 0 Å². The summed E-state index contributed by atoms with van der Waals surface area (Å²) in [5, 5.41) is 5.29. The van der Waals surface area contributed by atoms with Crippen molar-refractivity contribution in [2.24, 2.45) is 0 Å². The quantitative estimate of drug-likeness (QED) is 0.686. The monoisotopic (exact) mass is 266 g/mol. The molecule has 0 radical (unpaired) electrons. The van der Waals surface area contributed by atoms with Crippen LogP contribution in [-0.4, -0.2) is 34.4 Å². The van der Waals surface area contributed by atoms with E-state index >= 15 is 0 Å². The molecule has 0 saturated carbocycles. The van der Waals surface area contributed by atoms with Crippen molar-refractivity contribution in [3.05, 3.63) is 28.4 Å². The number of nitrogens with one attached hydrogen (secondary N) is 3. The highest BCUT2D eigenvalue weighted by atomic mass is 16.2. The molecule has 3 N–H and O–H groups in total. The molecule has 0 saturated heterocycles. The molecule has 1 rings (SSSR count). The molecule has 0 aliphatic carbocycles. The van der Waals surface area contributed by atoms with Crippen LogP contribution in [0.25, 0.3) is 0 Å². The maximum atomic E-state index is 11.9. The van der Waals surface area contributed by atoms with Gasteiger partial charge in [-0.3, -0.25) is 14.4 Å². The Kier molecular flexibility index (Phi) is 4.80. The number of rotatable bonds is 5. The van der Waals surface area contributed by atoms with Gasteiger partial charge < -0.3 is 15.6 Å². The van der Waals surface area contributed by atoms with E-state index in [4.69, 9.17) is 0 Å². The predicted molar refractivity (Wildman–Crippen MR) is 69.7 cm³/mol. The fourth-order valence-corrected chi connectivity index (χ4v) is 1.45. The highest BCUT2D eigenvalue weighted by molar-refractivity contribution is 5.92. The van der Waals surface area contributed by atoms with E-state index in [2.05, 4.69) is 20.6 Å². The fourth-order valence-electron chi connectivity index (χ4n) is 1.45. The zero-order valence-electron chi connectivity index (χ0n) is 11.2. The van der Waals surface area contributed by atoms with Crippen molar-refractivity contribution in [2.45, 2.75) is 32.2 Å². The summed E-state index contributed by atoms with van der Waals surface area (Å²) < 4.78 is 0. The molecule has 7 nitrogen and oxygen atoms in total. The van der Waals surface area contributed by atoms with Gasteiger partial charge in [-0.25, -0.2) is 4.98 Å². The number of hydrogen-bond donors (Lipinski definition) is 3. The van der Waals surface area contributed by atoms with Crippen LogP contribution in [0.2, 0.25) is 0 Å². The molecular weight excluding hydrogens is 248 g/mol. The van der Waals surface area contributed by atoms with Gasteiger partial charge in [0, 0.05) is 25.2 Å². The van der Waals surface area contributed by atoms with Crippen LogP contribution < -0.4 is 16.2 Å². The minimum atomic E-state index is -0.540. The van der Waals surface area contributed by atoms with Gasteiger partial charge in [0.05, 0.1) is 6.20 Å². The Balaban J connectivity index is 2.61. The van der Waals surface area contributed by atoms with Crippen LogP contribution in [-0.2, 0) is 4.79 Å². The third-order valence-electron chi connectivity index (χ3n) is 2.61. The van der Waals surface area contributed by atoms with Gasteiger partial charge in [0.15, 0.2) is 0 Å². The van der Waals surface area contributed by atoms with E-state index in [-0.39, 0.29) is 17.2 Å². The minimum Gasteiger partial charge on any atom is -0.359 e. The van der Waals surface area contributed by atoms with Gasteiger partial charge in [0.2, 0.25) is 5.91 Å². The average Bonchev–Trinajstić information content (AvgIpc) is 2.36. The zero-order chi connectivity index (χ0) is 14.5. The Labute approximate surface area is 110 Å². The summed E-state index contributed by atoms with van der Waals surface area (Å²) in [5.74, 6) is -0.470. The van der Waals surface area contributed by atoms with Crippen molar-refractivity contribution in [3.63, 3.8) is 0 Å². The largest absolute Gasteiger partial charge is 0.359 e. The highest BCUT2D eigenvalue weighted by Gasteiger charge is 2.22. The average molecular weight is 266 g/mol. The number of aromatic amines is 1. The number of amides is 2. The highest BCUT2D eigenvalue weighted by Crippen LogP contribution is 2.11. The normalized spacial score (nSPS) is 10.9. The van der Waals surface area contributed by atoms with Crippen LogP contribution in [0.4, 0.5) is 0 Å². The number of H-pyrrole nitrogens is 1. The van der Waals surface area contributed by atoms with Crippen molar-refractivity contribution >= 4 is 11.8 Å². The second-order valence-corrected chi connectivity index (χ2v) is 4.81. The summed E-state index contributed by atoms with van der Waals surface area (Å²) in [6.07, 6.45) is 3.13. The Morgan fingerprint density at radius 1 is 1.42 bits per heavy atom. The Hall–Kier alpha value is -2.18. The second kappa shape index (κ2) is 6.12. The summed E-state index contributed by atoms with van der Waals surface area (Å²) in [5.41, 5.74) is -0.774. The fraction of sp³-hybridized carbons (Fsp3) is 0.500. The molecule has 0 unspecified atom stereocenters. The number of carbonyl (C=O) groups excluding carboxylic acids is 2. The molecule has 0 atom stereocenters. The number of nitrogens with zero attached hydrogens (tertiary/aromatic N) is 1. The molecule has 0 aromatic carbocycles. The lowest BCUT2D eigenvalue weighted by Crippen LogP contribution is -2.44. The van der Waals surface area contributed by atoms with E-state index < -0.39 is 11.4 Å². The maximum Gasteiger partial charge on any atom is 0.271 e. The Bertz CT molecular complexity index is 501. The lowest BCUT2D eigenvalue weighted by atomic mass is 9.98. The lowest BCUT2D eigenvalue weighted by Gasteiger charge is -2.25. The molecule has 0 aliphatic rings. The molecule has 0 spiro atoms. The Morgan fingerprint density at radius 3 is 2.63 bits per heavy atom. The summed E-state index contributed by atoms with van der Waals surface area (Å²) in [6.45, 7) is 3.64. The zero-order valence-corrected chi connectivity index (χ0v) is 11.2. The summed E-state index contributed by atoms with van der Waals surface area (Å²) in [4.78, 5) is 40.0. The third kappa shape index (κ3) is 4.90. The first-order valence-electron chi connectivity index (χ1n) is 5.92. The van der Waals surface area contributed by atoms with Gasteiger partial charge in [0.1, 0.15) is 5.69 Å². The van der Waals surface area contributed by atoms with E-state index in [1.807, 2.05) is 13.8 Å². The summed E-state index contributed by atoms with van der Waals surface area (Å²) in [6, 6.07) is 0. The van der Waals surface area contributed by atoms with Crippen molar-refractivity contribution < 1.29 is 9.59 Å². The van der Waals surface area contributed by atoms with Gasteiger partial charge in [-0.1, -0.05) is 0 Å². The first-order chi connectivity index (χ1) is 8.84. The van der Waals surface area contributed by atoms with Crippen LogP contribution in [0.1, 0.15) is 37.2 Å². The molecule has 0 bridgehead atoms. The lowest BCUT2D eigenvalue weighted by molar-refractivity contribution is -0.121. The number of aromatic nitrogens is 2. The molecule has 2 amide bonds. The van der Waals surface area contributed by atoms with Gasteiger partial charge in [0.25, 0.3) is 11.5 Å². The summed E-state index contributed by atoms with van der Waals surface area (Å²) >= 11 is 0. The number of hydrogen-bond acceptors (Lipinski definition) is 4. The van der Waals surface area contributed by atoms with Crippen molar-refractivity contribution in [2.75, 3.05) is 7.05 Å². The van der Waals surface area contributed by atoms with E-state index in [0.29, 0.717) is 12.8 Å². The van der Waals surface area contributed by atoms with Gasteiger partial charge in [-0.15, -0.1) is 0 Å². The SMILES string of the molecule is CNC(=O)CCC(C)(C)NC(=O)c1c[nH]c(=O)cn1. The van der Waals surface area contributed by atoms with Crippen molar-refractivity contribution in [3.8, 4) is 0 Å². The second-order valence-electron chi connectivity index (χ2n) is 4.81. The van der Waals surface area contributed by atoms with Gasteiger partial charge in [-0.2, -0.15) is 0 Å². The standard InChI is InChI=1S/C12H18N4O3/c1-12(2,5-4-9(17)13-3)16-11(19)8-6-15-10(18)7-14-8/h6-7H,4-5H2,1-3H3,(H,13,17)(H,15,18)(H,16,19).